The Kier molecular flexibility index (Phi) is 5.05. The number of rotatable bonds is 5. The van der Waals surface area contributed by atoms with Gasteiger partial charge in [-0.2, -0.15) is 0 Å². The zero-order valence-electron chi connectivity index (χ0n) is 16.3. The van der Waals surface area contributed by atoms with Crippen molar-refractivity contribution in [3.8, 4) is 5.75 Å². The number of H-pyrrole nitrogens is 1. The van der Waals surface area contributed by atoms with Crippen molar-refractivity contribution in [3.05, 3.63) is 42.0 Å². The number of allylic oxidation sites excluding steroid dienone is 1. The van der Waals surface area contributed by atoms with Crippen LogP contribution in [0.15, 0.2) is 24.9 Å². The van der Waals surface area contributed by atoms with Gasteiger partial charge in [0.1, 0.15) is 6.61 Å². The molecule has 0 radical (unpaired) electrons. The van der Waals surface area contributed by atoms with Gasteiger partial charge in [-0.1, -0.05) is 12.7 Å². The number of anilines is 2. The fourth-order valence-electron chi connectivity index (χ4n) is 3.47. The van der Waals surface area contributed by atoms with E-state index < -0.39 is 10.0 Å². The van der Waals surface area contributed by atoms with E-state index in [1.807, 2.05) is 31.3 Å². The number of nitrogens with one attached hydrogen (secondary N) is 2. The lowest BCUT2D eigenvalue weighted by Crippen LogP contribution is -2.51. The molecular formula is C19H23N5O4S. The summed E-state index contributed by atoms with van der Waals surface area (Å²) in [7, 11) is -3.56. The van der Waals surface area contributed by atoms with Crippen LogP contribution in [0, 0.1) is 0 Å². The van der Waals surface area contributed by atoms with Crippen molar-refractivity contribution in [1.29, 1.82) is 0 Å². The van der Waals surface area contributed by atoms with E-state index in [9.17, 15) is 8.42 Å². The lowest BCUT2D eigenvalue weighted by atomic mass is 10.1. The molecule has 0 spiro atoms. The smallest absolute Gasteiger partial charge is 0.231 e. The number of sulfonamides is 1. The van der Waals surface area contributed by atoms with Gasteiger partial charge in [0.15, 0.2) is 17.5 Å². The molecule has 2 aliphatic rings. The molecule has 154 valence electrons. The van der Waals surface area contributed by atoms with Gasteiger partial charge in [0.05, 0.1) is 25.5 Å². The number of aromatic amines is 1. The second-order valence-corrected chi connectivity index (χ2v) is 8.69. The predicted octanol–water partition coefficient (Wildman–Crippen LogP) is 1.87. The second kappa shape index (κ2) is 7.53. The van der Waals surface area contributed by atoms with Crippen LogP contribution >= 0.6 is 0 Å². The third-order valence-electron chi connectivity index (χ3n) is 4.76. The first-order valence-electron chi connectivity index (χ1n) is 9.24. The van der Waals surface area contributed by atoms with Crippen LogP contribution in [0.1, 0.15) is 24.0 Å². The van der Waals surface area contributed by atoms with E-state index in [0.717, 1.165) is 17.5 Å². The molecule has 9 nitrogen and oxygen atoms in total. The maximum Gasteiger partial charge on any atom is 0.231 e. The molecule has 0 amide bonds. The highest BCUT2D eigenvalue weighted by molar-refractivity contribution is 7.92. The van der Waals surface area contributed by atoms with E-state index in [2.05, 4.69) is 26.2 Å². The zero-order valence-corrected chi connectivity index (χ0v) is 17.1. The standard InChI is InChI=1S/C19H23N5O4S/c1-4-5-15-14(6-7-20-15)12(2)17-21-18(23-29(3,25)26)16-19(22-17)24-8-9-27-10-13(24)11-28-16/h4-7,13,20H,2,8-11H2,1,3H3,(H,21,22,23)/b5-4-. The molecule has 2 aromatic heterocycles. The molecule has 2 N–H and O–H groups in total. The predicted molar refractivity (Wildman–Crippen MR) is 112 cm³/mol. The summed E-state index contributed by atoms with van der Waals surface area (Å²) < 4.78 is 37.7. The van der Waals surface area contributed by atoms with Crippen molar-refractivity contribution in [2.24, 2.45) is 0 Å². The summed E-state index contributed by atoms with van der Waals surface area (Å²) in [6, 6.07) is 1.90. The van der Waals surface area contributed by atoms with Gasteiger partial charge in [-0.05, 0) is 19.1 Å². The second-order valence-electron chi connectivity index (χ2n) is 6.94. The SMILES string of the molecule is C=C(c1nc(NS(C)(=O)=O)c2c(n1)N1CCOCC1CO2)c1cc[nH]c1/C=C\C. The topological polar surface area (TPSA) is 109 Å². The highest BCUT2D eigenvalue weighted by Gasteiger charge is 2.35. The maximum atomic E-state index is 11.9. The van der Waals surface area contributed by atoms with Crippen LogP contribution in [-0.4, -0.2) is 62.0 Å². The summed E-state index contributed by atoms with van der Waals surface area (Å²) >= 11 is 0. The fourth-order valence-corrected chi connectivity index (χ4v) is 3.96. The number of ether oxygens (including phenoxy) is 2. The average molecular weight is 417 g/mol. The first-order valence-corrected chi connectivity index (χ1v) is 11.1. The Labute approximate surface area is 169 Å². The van der Waals surface area contributed by atoms with Crippen molar-refractivity contribution < 1.29 is 17.9 Å². The number of fused-ring (bicyclic) bond motifs is 3. The number of hydrogen-bond acceptors (Lipinski definition) is 7. The van der Waals surface area contributed by atoms with Crippen molar-refractivity contribution in [1.82, 2.24) is 15.0 Å². The fraction of sp³-hybridized carbons (Fsp3) is 0.368. The number of nitrogens with zero attached hydrogens (tertiary/aromatic N) is 3. The van der Waals surface area contributed by atoms with Crippen LogP contribution in [-0.2, 0) is 14.8 Å². The Bertz CT molecular complexity index is 1080. The van der Waals surface area contributed by atoms with Crippen LogP contribution < -0.4 is 14.4 Å². The van der Waals surface area contributed by atoms with Crippen LogP contribution in [0.4, 0.5) is 11.6 Å². The largest absolute Gasteiger partial charge is 0.484 e. The molecule has 2 aromatic rings. The van der Waals surface area contributed by atoms with Crippen LogP contribution in [0.3, 0.4) is 0 Å². The van der Waals surface area contributed by atoms with Gasteiger partial charge in [-0.25, -0.2) is 18.4 Å². The van der Waals surface area contributed by atoms with E-state index in [-0.39, 0.29) is 11.9 Å². The van der Waals surface area contributed by atoms with Crippen molar-refractivity contribution in [2.45, 2.75) is 13.0 Å². The molecule has 1 fully saturated rings. The van der Waals surface area contributed by atoms with E-state index in [1.54, 1.807) is 0 Å². The molecule has 1 unspecified atom stereocenters. The van der Waals surface area contributed by atoms with E-state index in [4.69, 9.17) is 14.5 Å². The molecule has 2 aliphatic heterocycles. The van der Waals surface area contributed by atoms with Gasteiger partial charge in [-0.3, -0.25) is 4.72 Å². The summed E-state index contributed by atoms with van der Waals surface area (Å²) in [5.74, 6) is 1.32. The Hall–Kier alpha value is -2.85. The summed E-state index contributed by atoms with van der Waals surface area (Å²) in [5.41, 5.74) is 2.29. The van der Waals surface area contributed by atoms with E-state index >= 15 is 0 Å². The van der Waals surface area contributed by atoms with Gasteiger partial charge in [0.2, 0.25) is 15.8 Å². The highest BCUT2D eigenvalue weighted by atomic mass is 32.2. The molecule has 0 saturated carbocycles. The molecule has 0 bridgehead atoms. The first-order chi connectivity index (χ1) is 13.9. The average Bonchev–Trinajstić information content (AvgIpc) is 3.14. The summed E-state index contributed by atoms with van der Waals surface area (Å²) in [6.07, 6.45) is 6.73. The zero-order chi connectivity index (χ0) is 20.6. The number of hydrogen-bond donors (Lipinski definition) is 2. The van der Waals surface area contributed by atoms with Crippen molar-refractivity contribution in [3.63, 3.8) is 0 Å². The monoisotopic (exact) mass is 417 g/mol. The van der Waals surface area contributed by atoms with Gasteiger partial charge in [-0.15, -0.1) is 0 Å². The number of aromatic nitrogens is 3. The molecular weight excluding hydrogens is 394 g/mol. The normalized spacial score (nSPS) is 18.8. The highest BCUT2D eigenvalue weighted by Crippen LogP contribution is 2.40. The molecule has 0 aliphatic carbocycles. The lowest BCUT2D eigenvalue weighted by molar-refractivity contribution is 0.0698. The molecule has 29 heavy (non-hydrogen) atoms. The minimum Gasteiger partial charge on any atom is -0.484 e. The van der Waals surface area contributed by atoms with Gasteiger partial charge >= 0.3 is 0 Å². The number of morpholine rings is 1. The molecule has 4 heterocycles. The molecule has 1 atom stereocenters. The van der Waals surface area contributed by atoms with E-state index in [0.29, 0.717) is 49.3 Å². The Morgan fingerprint density at radius 1 is 1.41 bits per heavy atom. The lowest BCUT2D eigenvalue weighted by Gasteiger charge is -2.40. The third-order valence-corrected chi connectivity index (χ3v) is 5.32. The van der Waals surface area contributed by atoms with Gasteiger partial charge in [0, 0.05) is 29.6 Å². The Morgan fingerprint density at radius 2 is 2.24 bits per heavy atom. The minimum atomic E-state index is -3.56. The van der Waals surface area contributed by atoms with E-state index in [1.165, 1.54) is 0 Å². The first kappa shape index (κ1) is 19.5. The summed E-state index contributed by atoms with van der Waals surface area (Å²) in [6.45, 7) is 8.18. The van der Waals surface area contributed by atoms with Crippen LogP contribution in [0.25, 0.3) is 11.6 Å². The molecule has 0 aromatic carbocycles. The van der Waals surface area contributed by atoms with Gasteiger partial charge < -0.3 is 19.4 Å². The third kappa shape index (κ3) is 3.85. The maximum absolute atomic E-state index is 11.9. The van der Waals surface area contributed by atoms with Crippen LogP contribution in [0.2, 0.25) is 0 Å². The Morgan fingerprint density at radius 3 is 3.00 bits per heavy atom. The summed E-state index contributed by atoms with van der Waals surface area (Å²) in [4.78, 5) is 14.4. The molecule has 4 rings (SSSR count). The Balaban J connectivity index is 1.83. The molecule has 1 saturated heterocycles. The minimum absolute atomic E-state index is 0.0178. The summed E-state index contributed by atoms with van der Waals surface area (Å²) in [5, 5.41) is 0. The molecule has 10 heteroatoms. The quantitative estimate of drug-likeness (QED) is 0.764. The van der Waals surface area contributed by atoms with Gasteiger partial charge in [0.25, 0.3) is 0 Å². The van der Waals surface area contributed by atoms with Crippen molar-refractivity contribution >= 4 is 33.3 Å². The van der Waals surface area contributed by atoms with Crippen LogP contribution in [0.5, 0.6) is 5.75 Å². The van der Waals surface area contributed by atoms with Crippen molar-refractivity contribution in [2.75, 3.05) is 42.2 Å².